The van der Waals surface area contributed by atoms with Crippen LogP contribution in [-0.4, -0.2) is 12.7 Å². The van der Waals surface area contributed by atoms with E-state index in [1.54, 1.807) is 12.1 Å². The van der Waals surface area contributed by atoms with E-state index in [1.807, 2.05) is 37.3 Å². The van der Waals surface area contributed by atoms with E-state index in [4.69, 9.17) is 9.47 Å². The van der Waals surface area contributed by atoms with E-state index < -0.39 is 5.91 Å². The summed E-state index contributed by atoms with van der Waals surface area (Å²) in [5.41, 5.74) is 0.972. The number of nitriles is 1. The third-order valence-corrected chi connectivity index (χ3v) is 4.25. The number of benzene rings is 1. The van der Waals surface area contributed by atoms with Gasteiger partial charge in [-0.1, -0.05) is 6.07 Å². The monoisotopic (exact) mass is 326 g/mol. The summed E-state index contributed by atoms with van der Waals surface area (Å²) in [5.74, 6) is 0.976. The molecule has 1 aliphatic heterocycles. The van der Waals surface area contributed by atoms with E-state index in [2.05, 4.69) is 5.32 Å². The minimum Gasteiger partial charge on any atom is -0.454 e. The lowest BCUT2D eigenvalue weighted by Crippen LogP contribution is -2.23. The lowest BCUT2D eigenvalue weighted by molar-refractivity contribution is -0.117. The molecule has 0 bridgehead atoms. The van der Waals surface area contributed by atoms with Crippen LogP contribution in [0.2, 0.25) is 0 Å². The number of amides is 1. The normalized spacial score (nSPS) is 12.8. The number of ether oxygens (including phenoxy) is 2. The Morgan fingerprint density at radius 3 is 2.91 bits per heavy atom. The fourth-order valence-electron chi connectivity index (χ4n) is 2.15. The molecule has 2 heterocycles. The molecule has 2 aromatic rings. The van der Waals surface area contributed by atoms with Gasteiger partial charge in [0.15, 0.2) is 11.5 Å². The molecule has 0 radical (unpaired) electrons. The summed E-state index contributed by atoms with van der Waals surface area (Å²) in [6.07, 6.45) is 1.60. The predicted octanol–water partition coefficient (Wildman–Crippen LogP) is 3.01. The summed E-state index contributed by atoms with van der Waals surface area (Å²) in [6, 6.07) is 11.3. The molecule has 0 spiro atoms. The van der Waals surface area contributed by atoms with Crippen molar-refractivity contribution in [3.8, 4) is 17.6 Å². The lowest BCUT2D eigenvalue weighted by atomic mass is 10.2. The van der Waals surface area contributed by atoms with Gasteiger partial charge in [-0.3, -0.25) is 4.79 Å². The number of aryl methyl sites for hydroxylation is 1. The summed E-state index contributed by atoms with van der Waals surface area (Å²) in [5, 5.41) is 11.9. The van der Waals surface area contributed by atoms with Gasteiger partial charge in [0.1, 0.15) is 11.6 Å². The Balaban J connectivity index is 1.66. The van der Waals surface area contributed by atoms with Crippen molar-refractivity contribution in [3.05, 3.63) is 51.2 Å². The zero-order valence-corrected chi connectivity index (χ0v) is 13.3. The molecule has 1 aliphatic rings. The quantitative estimate of drug-likeness (QED) is 0.692. The second-order valence-electron chi connectivity index (χ2n) is 4.99. The Hall–Kier alpha value is -2.78. The Morgan fingerprint density at radius 1 is 1.35 bits per heavy atom. The molecule has 3 rings (SSSR count). The number of carbonyl (C=O) groups is 1. The van der Waals surface area contributed by atoms with Gasteiger partial charge in [-0.2, -0.15) is 5.26 Å². The zero-order valence-electron chi connectivity index (χ0n) is 12.5. The number of hydrogen-bond donors (Lipinski definition) is 1. The smallest absolute Gasteiger partial charge is 0.262 e. The molecule has 0 aliphatic carbocycles. The highest BCUT2D eigenvalue weighted by Crippen LogP contribution is 2.32. The van der Waals surface area contributed by atoms with Crippen molar-refractivity contribution in [2.45, 2.75) is 13.5 Å². The fourth-order valence-corrected chi connectivity index (χ4v) is 2.97. The van der Waals surface area contributed by atoms with Crippen LogP contribution in [0.5, 0.6) is 11.5 Å². The Labute approximate surface area is 137 Å². The first kappa shape index (κ1) is 15.1. The summed E-state index contributed by atoms with van der Waals surface area (Å²) in [4.78, 5) is 14.2. The molecule has 1 aromatic heterocycles. The summed E-state index contributed by atoms with van der Waals surface area (Å²) in [6.45, 7) is 2.51. The Bertz CT molecular complexity index is 817. The largest absolute Gasteiger partial charge is 0.454 e. The van der Waals surface area contributed by atoms with E-state index in [9.17, 15) is 10.1 Å². The molecule has 1 amide bonds. The Kier molecular flexibility index (Phi) is 4.31. The second-order valence-corrected chi connectivity index (χ2v) is 6.31. The molecule has 23 heavy (non-hydrogen) atoms. The van der Waals surface area contributed by atoms with Gasteiger partial charge in [-0.25, -0.2) is 0 Å². The number of rotatable bonds is 4. The highest BCUT2D eigenvalue weighted by atomic mass is 32.1. The summed E-state index contributed by atoms with van der Waals surface area (Å²) in [7, 11) is 0. The zero-order chi connectivity index (χ0) is 16.2. The second kappa shape index (κ2) is 6.55. The van der Waals surface area contributed by atoms with Crippen LogP contribution in [0.15, 0.2) is 35.9 Å². The van der Waals surface area contributed by atoms with Crippen LogP contribution in [0, 0.1) is 18.3 Å². The molecule has 0 saturated carbocycles. The van der Waals surface area contributed by atoms with Gasteiger partial charge in [0.25, 0.3) is 5.91 Å². The SMILES string of the molecule is Cc1ccc(/C=C(\C#N)C(=O)NCc2ccc3c(c2)OCO3)s1. The van der Waals surface area contributed by atoms with Crippen molar-refractivity contribution < 1.29 is 14.3 Å². The maximum Gasteiger partial charge on any atom is 0.262 e. The van der Waals surface area contributed by atoms with E-state index in [0.29, 0.717) is 18.0 Å². The molecule has 5 nitrogen and oxygen atoms in total. The number of hydrogen-bond acceptors (Lipinski definition) is 5. The summed E-state index contributed by atoms with van der Waals surface area (Å²) < 4.78 is 10.5. The van der Waals surface area contributed by atoms with E-state index in [0.717, 1.165) is 15.3 Å². The van der Waals surface area contributed by atoms with Gasteiger partial charge in [0.05, 0.1) is 0 Å². The molecule has 1 aromatic carbocycles. The number of thiophene rings is 1. The number of carbonyl (C=O) groups excluding carboxylic acids is 1. The molecular formula is C17H14N2O3S. The average Bonchev–Trinajstić information content (AvgIpc) is 3.18. The van der Waals surface area contributed by atoms with Crippen LogP contribution in [0.4, 0.5) is 0 Å². The van der Waals surface area contributed by atoms with Gasteiger partial charge in [0.2, 0.25) is 6.79 Å². The van der Waals surface area contributed by atoms with E-state index in [-0.39, 0.29) is 12.4 Å². The van der Waals surface area contributed by atoms with Crippen LogP contribution in [0.25, 0.3) is 6.08 Å². The van der Waals surface area contributed by atoms with Crippen LogP contribution < -0.4 is 14.8 Å². The number of fused-ring (bicyclic) bond motifs is 1. The van der Waals surface area contributed by atoms with Crippen LogP contribution in [0.1, 0.15) is 15.3 Å². The van der Waals surface area contributed by atoms with Crippen molar-refractivity contribution in [1.29, 1.82) is 5.26 Å². The molecular weight excluding hydrogens is 312 g/mol. The molecule has 0 saturated heterocycles. The highest BCUT2D eigenvalue weighted by Gasteiger charge is 2.14. The first-order chi connectivity index (χ1) is 11.2. The molecule has 0 atom stereocenters. The first-order valence-corrected chi connectivity index (χ1v) is 7.82. The number of nitrogens with one attached hydrogen (secondary N) is 1. The highest BCUT2D eigenvalue weighted by molar-refractivity contribution is 7.12. The molecule has 116 valence electrons. The first-order valence-electron chi connectivity index (χ1n) is 7.00. The fraction of sp³-hybridized carbons (Fsp3) is 0.176. The van der Waals surface area contributed by atoms with Crippen LogP contribution in [0.3, 0.4) is 0 Å². The van der Waals surface area contributed by atoms with Crippen molar-refractivity contribution in [2.75, 3.05) is 6.79 Å². The van der Waals surface area contributed by atoms with Gasteiger partial charge in [0, 0.05) is 16.3 Å². The third-order valence-electron chi connectivity index (χ3n) is 3.30. The standard InChI is InChI=1S/C17H14N2O3S/c1-11-2-4-14(23-11)7-13(8-18)17(20)19-9-12-3-5-15-16(6-12)22-10-21-15/h2-7H,9-10H2,1H3,(H,19,20)/b13-7+. The van der Waals surface area contributed by atoms with Gasteiger partial charge in [-0.05, 0) is 42.8 Å². The van der Waals surface area contributed by atoms with Crippen molar-refractivity contribution in [3.63, 3.8) is 0 Å². The van der Waals surface area contributed by atoms with Gasteiger partial charge >= 0.3 is 0 Å². The minimum absolute atomic E-state index is 0.0904. The Morgan fingerprint density at radius 2 is 2.17 bits per heavy atom. The lowest BCUT2D eigenvalue weighted by Gasteiger charge is -2.05. The van der Waals surface area contributed by atoms with Crippen molar-refractivity contribution in [2.24, 2.45) is 0 Å². The van der Waals surface area contributed by atoms with Gasteiger partial charge < -0.3 is 14.8 Å². The number of nitrogens with zero attached hydrogens (tertiary/aromatic N) is 1. The van der Waals surface area contributed by atoms with E-state index >= 15 is 0 Å². The molecule has 1 N–H and O–H groups in total. The third kappa shape index (κ3) is 3.52. The topological polar surface area (TPSA) is 71.4 Å². The summed E-state index contributed by atoms with van der Waals surface area (Å²) >= 11 is 1.54. The average molecular weight is 326 g/mol. The maximum atomic E-state index is 12.1. The van der Waals surface area contributed by atoms with Crippen molar-refractivity contribution in [1.82, 2.24) is 5.32 Å². The van der Waals surface area contributed by atoms with E-state index in [1.165, 1.54) is 11.3 Å². The molecule has 6 heteroatoms. The molecule has 0 fully saturated rings. The van der Waals surface area contributed by atoms with Crippen LogP contribution >= 0.6 is 11.3 Å². The molecule has 0 unspecified atom stereocenters. The van der Waals surface area contributed by atoms with Gasteiger partial charge in [-0.15, -0.1) is 11.3 Å². The van der Waals surface area contributed by atoms with Crippen molar-refractivity contribution >= 4 is 23.3 Å². The predicted molar refractivity (Wildman–Crippen MR) is 87.1 cm³/mol. The maximum absolute atomic E-state index is 12.1. The van der Waals surface area contributed by atoms with Crippen LogP contribution in [-0.2, 0) is 11.3 Å². The minimum atomic E-state index is -0.392.